The van der Waals surface area contributed by atoms with Crippen LogP contribution in [0.25, 0.3) is 0 Å². The molecular weight excluding hydrogens is 255 g/mol. The Balaban J connectivity index is 4.76. The molecule has 0 radical (unpaired) electrons. The molecule has 1 amide bonds. The number of carboxylic acids is 1. The van der Waals surface area contributed by atoms with Gasteiger partial charge in [-0.2, -0.15) is 13.2 Å². The van der Waals surface area contributed by atoms with Crippen molar-refractivity contribution in [3.63, 3.8) is 0 Å². The first kappa shape index (κ1) is 16.5. The molecule has 0 aliphatic carbocycles. The Morgan fingerprint density at radius 3 is 1.94 bits per heavy atom. The van der Waals surface area contributed by atoms with Gasteiger partial charge in [0.25, 0.3) is 0 Å². The Morgan fingerprint density at radius 1 is 1.22 bits per heavy atom. The van der Waals surface area contributed by atoms with Gasteiger partial charge in [0, 0.05) is 0 Å². The molecule has 0 saturated carbocycles. The zero-order valence-corrected chi connectivity index (χ0v) is 10.5. The Bertz CT molecular complexity index is 322. The molecule has 0 saturated heterocycles. The van der Waals surface area contributed by atoms with Crippen LogP contribution in [0.5, 0.6) is 0 Å². The molecule has 0 aromatic carbocycles. The van der Waals surface area contributed by atoms with Crippen LogP contribution in [0.15, 0.2) is 0 Å². The van der Waals surface area contributed by atoms with Crippen molar-refractivity contribution in [3.05, 3.63) is 0 Å². The summed E-state index contributed by atoms with van der Waals surface area (Å²) in [5.41, 5.74) is -0.922. The van der Waals surface area contributed by atoms with E-state index in [0.29, 0.717) is 6.92 Å². The topological polar surface area (TPSA) is 75.6 Å². The first-order chi connectivity index (χ1) is 7.84. The van der Waals surface area contributed by atoms with E-state index in [1.807, 2.05) is 0 Å². The number of hydrogen-bond donors (Lipinski definition) is 2. The number of rotatable bonds is 3. The molecule has 0 aromatic heterocycles. The van der Waals surface area contributed by atoms with E-state index in [1.54, 1.807) is 5.32 Å². The Kier molecular flexibility index (Phi) is 5.00. The smallest absolute Gasteiger partial charge is 0.408 e. The maximum atomic E-state index is 12.4. The molecule has 0 aliphatic heterocycles. The van der Waals surface area contributed by atoms with Crippen LogP contribution >= 0.6 is 0 Å². The fourth-order valence-electron chi connectivity index (χ4n) is 1.02. The standard InChI is InChI=1S/C10H16F3NO4/c1-5(10(11,12)13)6(7(15)16)14-8(17)18-9(2,3)4/h5-6H,1-4H3,(H,14,17)(H,15,16). The highest BCUT2D eigenvalue weighted by atomic mass is 19.4. The lowest BCUT2D eigenvalue weighted by atomic mass is 10.0. The molecule has 0 bridgehead atoms. The van der Waals surface area contributed by atoms with Gasteiger partial charge in [-0.3, -0.25) is 0 Å². The van der Waals surface area contributed by atoms with Gasteiger partial charge in [0.15, 0.2) is 0 Å². The predicted octanol–water partition coefficient (Wildman–Crippen LogP) is 2.16. The van der Waals surface area contributed by atoms with E-state index in [9.17, 15) is 22.8 Å². The van der Waals surface area contributed by atoms with Crippen molar-refractivity contribution in [1.29, 1.82) is 0 Å². The van der Waals surface area contributed by atoms with Gasteiger partial charge in [0.1, 0.15) is 11.6 Å². The van der Waals surface area contributed by atoms with Gasteiger partial charge in [-0.1, -0.05) is 6.92 Å². The summed E-state index contributed by atoms with van der Waals surface area (Å²) in [4.78, 5) is 22.0. The van der Waals surface area contributed by atoms with Crippen LogP contribution in [0, 0.1) is 5.92 Å². The number of hydrogen-bond acceptors (Lipinski definition) is 3. The fourth-order valence-corrected chi connectivity index (χ4v) is 1.02. The summed E-state index contributed by atoms with van der Waals surface area (Å²) >= 11 is 0. The number of carbonyl (C=O) groups is 2. The third-order valence-electron chi connectivity index (χ3n) is 1.95. The zero-order chi connectivity index (χ0) is 14.7. The number of amides is 1. The number of carbonyl (C=O) groups excluding carboxylic acids is 1. The van der Waals surface area contributed by atoms with Crippen molar-refractivity contribution in [1.82, 2.24) is 5.32 Å². The van der Waals surface area contributed by atoms with E-state index in [2.05, 4.69) is 0 Å². The van der Waals surface area contributed by atoms with Gasteiger partial charge in [-0.25, -0.2) is 9.59 Å². The van der Waals surface area contributed by atoms with Gasteiger partial charge in [-0.05, 0) is 20.8 Å². The second-order valence-corrected chi connectivity index (χ2v) is 4.79. The predicted molar refractivity (Wildman–Crippen MR) is 56.0 cm³/mol. The van der Waals surface area contributed by atoms with Crippen molar-refractivity contribution >= 4 is 12.1 Å². The molecular formula is C10H16F3NO4. The van der Waals surface area contributed by atoms with Crippen LogP contribution in [-0.2, 0) is 9.53 Å². The summed E-state index contributed by atoms with van der Waals surface area (Å²) in [7, 11) is 0. The second-order valence-electron chi connectivity index (χ2n) is 4.79. The SMILES string of the molecule is CC(C(NC(=O)OC(C)(C)C)C(=O)O)C(F)(F)F. The normalized spacial score (nSPS) is 15.7. The molecule has 2 N–H and O–H groups in total. The van der Waals surface area contributed by atoms with Gasteiger partial charge >= 0.3 is 18.2 Å². The van der Waals surface area contributed by atoms with E-state index in [1.165, 1.54) is 20.8 Å². The average Bonchev–Trinajstić information content (AvgIpc) is 2.08. The number of alkyl carbamates (subject to hydrolysis) is 1. The van der Waals surface area contributed by atoms with E-state index >= 15 is 0 Å². The van der Waals surface area contributed by atoms with E-state index in [-0.39, 0.29) is 0 Å². The monoisotopic (exact) mass is 271 g/mol. The van der Waals surface area contributed by atoms with Crippen molar-refractivity contribution in [2.45, 2.75) is 45.5 Å². The summed E-state index contributed by atoms with van der Waals surface area (Å²) in [6.07, 6.45) is -5.93. The zero-order valence-electron chi connectivity index (χ0n) is 10.5. The first-order valence-corrected chi connectivity index (χ1v) is 5.13. The van der Waals surface area contributed by atoms with E-state index < -0.39 is 35.8 Å². The number of alkyl halides is 3. The van der Waals surface area contributed by atoms with Crippen molar-refractivity contribution in [2.75, 3.05) is 0 Å². The maximum absolute atomic E-state index is 12.4. The highest BCUT2D eigenvalue weighted by molar-refractivity contribution is 5.80. The Hall–Kier alpha value is -1.47. The number of ether oxygens (including phenoxy) is 1. The molecule has 0 rings (SSSR count). The van der Waals surface area contributed by atoms with Crippen LogP contribution in [0.3, 0.4) is 0 Å². The van der Waals surface area contributed by atoms with Gasteiger partial charge in [0.05, 0.1) is 5.92 Å². The first-order valence-electron chi connectivity index (χ1n) is 5.13. The minimum absolute atomic E-state index is 0.677. The average molecular weight is 271 g/mol. The molecule has 18 heavy (non-hydrogen) atoms. The molecule has 0 spiro atoms. The summed E-state index contributed by atoms with van der Waals surface area (Å²) in [6, 6.07) is -2.08. The Labute approximate surface area is 102 Å². The summed E-state index contributed by atoms with van der Waals surface area (Å²) in [5, 5.41) is 10.4. The van der Waals surface area contributed by atoms with E-state index in [4.69, 9.17) is 9.84 Å². The van der Waals surface area contributed by atoms with Crippen LogP contribution in [0.1, 0.15) is 27.7 Å². The van der Waals surface area contributed by atoms with Crippen LogP contribution in [0.2, 0.25) is 0 Å². The quantitative estimate of drug-likeness (QED) is 0.824. The minimum Gasteiger partial charge on any atom is -0.480 e. The highest BCUT2D eigenvalue weighted by Crippen LogP contribution is 2.28. The fraction of sp³-hybridized carbons (Fsp3) is 0.800. The molecule has 8 heteroatoms. The summed E-state index contributed by atoms with van der Waals surface area (Å²) < 4.78 is 41.9. The van der Waals surface area contributed by atoms with Crippen LogP contribution in [-0.4, -0.2) is 35.0 Å². The summed E-state index contributed by atoms with van der Waals surface area (Å²) in [5.74, 6) is -3.99. The lowest BCUT2D eigenvalue weighted by molar-refractivity contribution is -0.184. The summed E-state index contributed by atoms with van der Waals surface area (Å²) in [6.45, 7) is 5.21. The molecule has 2 atom stereocenters. The molecule has 0 fully saturated rings. The molecule has 5 nitrogen and oxygen atoms in total. The molecule has 0 aliphatic rings. The third-order valence-corrected chi connectivity index (χ3v) is 1.95. The number of halogens is 3. The third kappa shape index (κ3) is 5.74. The van der Waals surface area contributed by atoms with Gasteiger partial charge < -0.3 is 15.2 Å². The van der Waals surface area contributed by atoms with Crippen molar-refractivity contribution in [2.24, 2.45) is 5.92 Å². The van der Waals surface area contributed by atoms with Gasteiger partial charge in [0.2, 0.25) is 0 Å². The van der Waals surface area contributed by atoms with Crippen molar-refractivity contribution in [3.8, 4) is 0 Å². The largest absolute Gasteiger partial charge is 0.480 e. The van der Waals surface area contributed by atoms with Crippen molar-refractivity contribution < 1.29 is 32.6 Å². The van der Waals surface area contributed by atoms with Gasteiger partial charge in [-0.15, -0.1) is 0 Å². The van der Waals surface area contributed by atoms with Crippen LogP contribution < -0.4 is 5.32 Å². The minimum atomic E-state index is -4.72. The number of aliphatic carboxylic acids is 1. The molecule has 0 aromatic rings. The van der Waals surface area contributed by atoms with E-state index in [0.717, 1.165) is 0 Å². The lowest BCUT2D eigenvalue weighted by Crippen LogP contribution is -2.50. The molecule has 0 heterocycles. The second kappa shape index (κ2) is 5.45. The van der Waals surface area contributed by atoms with Crippen LogP contribution in [0.4, 0.5) is 18.0 Å². The number of nitrogens with one attached hydrogen (secondary N) is 1. The molecule has 2 unspecified atom stereocenters. The maximum Gasteiger partial charge on any atom is 0.408 e. The highest BCUT2D eigenvalue weighted by Gasteiger charge is 2.45. The number of carboxylic acid groups (broad SMARTS) is 1. The molecule has 106 valence electrons. The Morgan fingerprint density at radius 2 is 1.67 bits per heavy atom. The lowest BCUT2D eigenvalue weighted by Gasteiger charge is -2.25.